The van der Waals surface area contributed by atoms with Gasteiger partial charge in [-0.15, -0.1) is 0 Å². The maximum Gasteiger partial charge on any atom is 0.170 e. The number of nitrogens with zero attached hydrogens (tertiary/aromatic N) is 1. The van der Waals surface area contributed by atoms with Gasteiger partial charge in [-0.25, -0.2) is 4.39 Å². The highest BCUT2D eigenvalue weighted by molar-refractivity contribution is 9.10. The van der Waals surface area contributed by atoms with E-state index < -0.39 is 0 Å². The highest BCUT2D eigenvalue weighted by atomic mass is 79.9. The van der Waals surface area contributed by atoms with Gasteiger partial charge < -0.3 is 15.5 Å². The van der Waals surface area contributed by atoms with Crippen LogP contribution in [0.4, 0.5) is 10.1 Å². The molecule has 2 atom stereocenters. The predicted molar refractivity (Wildman–Crippen MR) is 102 cm³/mol. The van der Waals surface area contributed by atoms with Crippen LogP contribution in [-0.2, 0) is 0 Å². The monoisotopic (exact) mass is 401 g/mol. The van der Waals surface area contributed by atoms with Crippen LogP contribution in [0.5, 0.6) is 0 Å². The van der Waals surface area contributed by atoms with E-state index in [1.807, 2.05) is 0 Å². The SMILES string of the molecule is CC1CC(C)CN(CCCNC(=S)Nc2ccc(Br)cc2F)C1. The molecule has 6 heteroatoms. The second-order valence-electron chi connectivity index (χ2n) is 6.56. The number of thiocarbonyl (C=S) groups is 1. The first-order valence-electron chi connectivity index (χ1n) is 8.16. The van der Waals surface area contributed by atoms with Crippen molar-refractivity contribution in [3.8, 4) is 0 Å². The molecule has 0 aliphatic carbocycles. The lowest BCUT2D eigenvalue weighted by Gasteiger charge is -2.34. The average Bonchev–Trinajstić information content (AvgIpc) is 2.46. The number of nitrogens with one attached hydrogen (secondary N) is 2. The fourth-order valence-corrected chi connectivity index (χ4v) is 3.78. The third-order valence-electron chi connectivity index (χ3n) is 4.06. The lowest BCUT2D eigenvalue weighted by atomic mass is 9.92. The van der Waals surface area contributed by atoms with E-state index >= 15 is 0 Å². The molecule has 1 saturated heterocycles. The summed E-state index contributed by atoms with van der Waals surface area (Å²) in [5, 5.41) is 6.52. The van der Waals surface area contributed by atoms with Crippen molar-refractivity contribution in [1.82, 2.24) is 10.2 Å². The number of anilines is 1. The fraction of sp³-hybridized carbons (Fsp3) is 0.588. The molecular formula is C17H25BrFN3S. The zero-order valence-electron chi connectivity index (χ0n) is 13.7. The van der Waals surface area contributed by atoms with Gasteiger partial charge in [-0.1, -0.05) is 29.8 Å². The Hall–Kier alpha value is -0.720. The van der Waals surface area contributed by atoms with Gasteiger partial charge in [0.1, 0.15) is 5.82 Å². The number of likely N-dealkylation sites (tertiary alicyclic amines) is 1. The van der Waals surface area contributed by atoms with Crippen LogP contribution < -0.4 is 10.6 Å². The molecule has 1 heterocycles. The summed E-state index contributed by atoms with van der Waals surface area (Å²) in [6.45, 7) is 8.91. The quantitative estimate of drug-likeness (QED) is 0.569. The van der Waals surface area contributed by atoms with Crippen LogP contribution in [0, 0.1) is 17.7 Å². The van der Waals surface area contributed by atoms with Gasteiger partial charge in [0.25, 0.3) is 0 Å². The van der Waals surface area contributed by atoms with Gasteiger partial charge in [-0.2, -0.15) is 0 Å². The Morgan fingerprint density at radius 2 is 2.04 bits per heavy atom. The zero-order valence-corrected chi connectivity index (χ0v) is 16.1. The number of hydrogen-bond donors (Lipinski definition) is 2. The first-order valence-corrected chi connectivity index (χ1v) is 9.36. The van der Waals surface area contributed by atoms with Gasteiger partial charge in [0.2, 0.25) is 0 Å². The molecule has 1 aromatic carbocycles. The lowest BCUT2D eigenvalue weighted by Crippen LogP contribution is -2.40. The van der Waals surface area contributed by atoms with Crippen LogP contribution in [0.1, 0.15) is 26.7 Å². The van der Waals surface area contributed by atoms with Gasteiger partial charge in [-0.3, -0.25) is 0 Å². The van der Waals surface area contributed by atoms with E-state index in [1.165, 1.54) is 25.6 Å². The third-order valence-corrected chi connectivity index (χ3v) is 4.80. The Morgan fingerprint density at radius 1 is 1.35 bits per heavy atom. The summed E-state index contributed by atoms with van der Waals surface area (Å²) >= 11 is 8.46. The largest absolute Gasteiger partial charge is 0.362 e. The summed E-state index contributed by atoms with van der Waals surface area (Å²) < 4.78 is 14.4. The molecule has 0 bridgehead atoms. The van der Waals surface area contributed by atoms with Crippen molar-refractivity contribution in [1.29, 1.82) is 0 Å². The number of rotatable bonds is 5. The minimum Gasteiger partial charge on any atom is -0.362 e. The topological polar surface area (TPSA) is 27.3 Å². The van der Waals surface area contributed by atoms with Crippen molar-refractivity contribution in [2.45, 2.75) is 26.7 Å². The van der Waals surface area contributed by atoms with Gasteiger partial charge in [0.05, 0.1) is 5.69 Å². The second-order valence-corrected chi connectivity index (χ2v) is 7.89. The Bertz CT molecular complexity index is 531. The van der Waals surface area contributed by atoms with Crippen molar-refractivity contribution >= 4 is 38.9 Å². The van der Waals surface area contributed by atoms with Gasteiger partial charge in [-0.05, 0) is 61.6 Å². The Kier molecular flexibility index (Phi) is 7.24. The highest BCUT2D eigenvalue weighted by Gasteiger charge is 2.20. The molecule has 0 amide bonds. The van der Waals surface area contributed by atoms with Crippen molar-refractivity contribution < 1.29 is 4.39 Å². The molecule has 0 saturated carbocycles. The molecule has 1 aliphatic heterocycles. The highest BCUT2D eigenvalue weighted by Crippen LogP contribution is 2.21. The number of benzene rings is 1. The number of hydrogen-bond acceptors (Lipinski definition) is 2. The first kappa shape index (κ1) is 18.6. The fourth-order valence-electron chi connectivity index (χ4n) is 3.24. The van der Waals surface area contributed by atoms with E-state index in [2.05, 4.69) is 45.3 Å². The lowest BCUT2D eigenvalue weighted by molar-refractivity contribution is 0.140. The van der Waals surface area contributed by atoms with E-state index in [0.717, 1.165) is 31.3 Å². The molecule has 0 spiro atoms. The van der Waals surface area contributed by atoms with Crippen LogP contribution in [0.15, 0.2) is 22.7 Å². The van der Waals surface area contributed by atoms with Crippen LogP contribution in [-0.4, -0.2) is 36.2 Å². The molecule has 0 aromatic heterocycles. The van der Waals surface area contributed by atoms with Crippen LogP contribution in [0.25, 0.3) is 0 Å². The van der Waals surface area contributed by atoms with Crippen LogP contribution in [0.2, 0.25) is 0 Å². The molecule has 1 fully saturated rings. The molecule has 2 rings (SSSR count). The molecule has 3 nitrogen and oxygen atoms in total. The third kappa shape index (κ3) is 6.36. The van der Waals surface area contributed by atoms with Gasteiger partial charge in [0, 0.05) is 24.1 Å². The Labute approximate surface area is 152 Å². The van der Waals surface area contributed by atoms with Crippen LogP contribution in [0.3, 0.4) is 0 Å². The summed E-state index contributed by atoms with van der Waals surface area (Å²) in [4.78, 5) is 2.53. The minimum absolute atomic E-state index is 0.320. The normalized spacial score (nSPS) is 21.9. The van der Waals surface area contributed by atoms with Gasteiger partial charge in [0.15, 0.2) is 5.11 Å². The summed E-state index contributed by atoms with van der Waals surface area (Å²) in [5.41, 5.74) is 0.393. The van der Waals surface area contributed by atoms with E-state index in [-0.39, 0.29) is 5.82 Å². The maximum atomic E-state index is 13.7. The van der Waals surface area contributed by atoms with E-state index in [0.29, 0.717) is 15.3 Å². The average molecular weight is 402 g/mol. The Balaban J connectivity index is 1.67. The summed E-state index contributed by atoms with van der Waals surface area (Å²) in [6, 6.07) is 4.88. The minimum atomic E-state index is -0.320. The molecule has 23 heavy (non-hydrogen) atoms. The molecule has 2 unspecified atom stereocenters. The standard InChI is InChI=1S/C17H25BrFN3S/c1-12-8-13(2)11-22(10-12)7-3-6-20-17(23)21-16-5-4-14(18)9-15(16)19/h4-5,9,12-13H,3,6-8,10-11H2,1-2H3,(H2,20,21,23). The second kappa shape index (κ2) is 8.94. The molecule has 0 radical (unpaired) electrons. The summed E-state index contributed by atoms with van der Waals surface area (Å²) in [6.07, 6.45) is 2.37. The number of piperidine rings is 1. The van der Waals surface area contributed by atoms with E-state index in [9.17, 15) is 4.39 Å². The molecular weight excluding hydrogens is 377 g/mol. The molecule has 128 valence electrons. The van der Waals surface area contributed by atoms with Crippen LogP contribution >= 0.6 is 28.1 Å². The predicted octanol–water partition coefficient (Wildman–Crippen LogP) is 4.24. The number of halogens is 2. The smallest absolute Gasteiger partial charge is 0.170 e. The van der Waals surface area contributed by atoms with Gasteiger partial charge >= 0.3 is 0 Å². The molecule has 1 aromatic rings. The first-order chi connectivity index (χ1) is 10.9. The summed E-state index contributed by atoms with van der Waals surface area (Å²) in [5.74, 6) is 1.25. The van der Waals surface area contributed by atoms with Crippen molar-refractivity contribution in [3.05, 3.63) is 28.5 Å². The Morgan fingerprint density at radius 3 is 2.70 bits per heavy atom. The maximum absolute atomic E-state index is 13.7. The zero-order chi connectivity index (χ0) is 16.8. The molecule has 1 aliphatic rings. The van der Waals surface area contributed by atoms with E-state index in [4.69, 9.17) is 12.2 Å². The van der Waals surface area contributed by atoms with Crippen molar-refractivity contribution in [3.63, 3.8) is 0 Å². The van der Waals surface area contributed by atoms with Crippen molar-refractivity contribution in [2.24, 2.45) is 11.8 Å². The van der Waals surface area contributed by atoms with E-state index in [1.54, 1.807) is 12.1 Å². The summed E-state index contributed by atoms with van der Waals surface area (Å²) in [7, 11) is 0. The van der Waals surface area contributed by atoms with Crippen molar-refractivity contribution in [2.75, 3.05) is 31.5 Å². The molecule has 2 N–H and O–H groups in total.